The van der Waals surface area contributed by atoms with E-state index < -0.39 is 5.95 Å². The van der Waals surface area contributed by atoms with Gasteiger partial charge < -0.3 is 4.74 Å². The van der Waals surface area contributed by atoms with Gasteiger partial charge >= 0.3 is 0 Å². The molecule has 0 atom stereocenters. The van der Waals surface area contributed by atoms with Crippen molar-refractivity contribution in [3.8, 4) is 16.9 Å². The number of ether oxygens (including phenoxy) is 1. The van der Waals surface area contributed by atoms with Gasteiger partial charge in [0.25, 0.3) is 0 Å². The van der Waals surface area contributed by atoms with E-state index in [1.807, 2.05) is 31.2 Å². The maximum atomic E-state index is 12.6. The van der Waals surface area contributed by atoms with Crippen LogP contribution in [0.25, 0.3) is 11.1 Å². The summed E-state index contributed by atoms with van der Waals surface area (Å²) in [6.07, 6.45) is 1.52. The second kappa shape index (κ2) is 4.75. The normalized spacial score (nSPS) is 10.1. The van der Waals surface area contributed by atoms with Crippen LogP contribution in [0, 0.1) is 5.95 Å². The van der Waals surface area contributed by atoms with Crippen molar-refractivity contribution in [1.29, 1.82) is 0 Å². The minimum atomic E-state index is -0.463. The van der Waals surface area contributed by atoms with Crippen molar-refractivity contribution in [2.24, 2.45) is 0 Å². The number of hydrogen-bond acceptors (Lipinski definition) is 2. The third-order valence-electron chi connectivity index (χ3n) is 2.23. The third kappa shape index (κ3) is 2.37. The summed E-state index contributed by atoms with van der Waals surface area (Å²) in [4.78, 5) is 3.62. The second-order valence-electron chi connectivity index (χ2n) is 3.33. The summed E-state index contributed by atoms with van der Waals surface area (Å²) in [7, 11) is 0. The molecule has 0 radical (unpaired) electrons. The molecule has 1 aromatic heterocycles. The smallest absolute Gasteiger partial charge is 0.212 e. The van der Waals surface area contributed by atoms with Gasteiger partial charge in [-0.1, -0.05) is 12.1 Å². The van der Waals surface area contributed by atoms with E-state index in [1.54, 1.807) is 6.07 Å². The summed E-state index contributed by atoms with van der Waals surface area (Å²) in [5.74, 6) is 0.371. The molecule has 0 unspecified atom stereocenters. The van der Waals surface area contributed by atoms with Crippen LogP contribution in [0.3, 0.4) is 0 Å². The molecule has 1 heterocycles. The number of rotatable bonds is 3. The van der Waals surface area contributed by atoms with Crippen LogP contribution in [0.1, 0.15) is 6.92 Å². The molecule has 0 aliphatic rings. The van der Waals surface area contributed by atoms with Crippen molar-refractivity contribution >= 4 is 0 Å². The average molecular weight is 217 g/mol. The molecule has 1 aromatic carbocycles. The SMILES string of the molecule is CCOc1ccc(-c2ccc(F)nc2)cc1. The van der Waals surface area contributed by atoms with Crippen molar-refractivity contribution in [3.05, 3.63) is 48.5 Å². The third-order valence-corrected chi connectivity index (χ3v) is 2.23. The first kappa shape index (κ1) is 10.6. The van der Waals surface area contributed by atoms with Gasteiger partial charge in [-0.25, -0.2) is 4.98 Å². The van der Waals surface area contributed by atoms with E-state index in [4.69, 9.17) is 4.74 Å². The van der Waals surface area contributed by atoms with Crippen molar-refractivity contribution < 1.29 is 9.13 Å². The Morgan fingerprint density at radius 3 is 2.31 bits per heavy atom. The lowest BCUT2D eigenvalue weighted by molar-refractivity contribution is 0.340. The molecule has 82 valence electrons. The molecule has 16 heavy (non-hydrogen) atoms. The molecule has 0 aliphatic carbocycles. The fourth-order valence-electron chi connectivity index (χ4n) is 1.46. The Morgan fingerprint density at radius 2 is 1.75 bits per heavy atom. The minimum absolute atomic E-state index is 0.463. The standard InChI is InChI=1S/C13H12FNO/c1-2-16-12-6-3-10(4-7-12)11-5-8-13(14)15-9-11/h3-9H,2H2,1H3. The summed E-state index contributed by atoms with van der Waals surface area (Å²) in [6.45, 7) is 2.59. The zero-order valence-electron chi connectivity index (χ0n) is 8.98. The molecule has 2 rings (SSSR count). The van der Waals surface area contributed by atoms with Crippen LogP contribution in [-0.4, -0.2) is 11.6 Å². The summed E-state index contributed by atoms with van der Waals surface area (Å²) in [5.41, 5.74) is 1.89. The van der Waals surface area contributed by atoms with Gasteiger partial charge in [-0.2, -0.15) is 4.39 Å². The lowest BCUT2D eigenvalue weighted by atomic mass is 10.1. The first-order valence-corrected chi connectivity index (χ1v) is 5.14. The summed E-state index contributed by atoms with van der Waals surface area (Å²) < 4.78 is 18.0. The molecule has 0 bridgehead atoms. The Bertz CT molecular complexity index is 450. The summed E-state index contributed by atoms with van der Waals surface area (Å²) >= 11 is 0. The Balaban J connectivity index is 2.24. The Morgan fingerprint density at radius 1 is 1.06 bits per heavy atom. The lowest BCUT2D eigenvalue weighted by Gasteiger charge is -2.04. The molecule has 0 saturated carbocycles. The van der Waals surface area contributed by atoms with E-state index in [0.29, 0.717) is 6.61 Å². The predicted molar refractivity (Wildman–Crippen MR) is 60.8 cm³/mol. The van der Waals surface area contributed by atoms with Gasteiger partial charge in [0, 0.05) is 11.8 Å². The number of nitrogens with zero attached hydrogens (tertiary/aromatic N) is 1. The van der Waals surface area contributed by atoms with Gasteiger partial charge in [-0.15, -0.1) is 0 Å². The van der Waals surface area contributed by atoms with Crippen LogP contribution >= 0.6 is 0 Å². The van der Waals surface area contributed by atoms with E-state index in [-0.39, 0.29) is 0 Å². The van der Waals surface area contributed by atoms with E-state index in [1.165, 1.54) is 12.3 Å². The van der Waals surface area contributed by atoms with Gasteiger partial charge in [0.2, 0.25) is 5.95 Å². The average Bonchev–Trinajstić information content (AvgIpc) is 2.32. The molecular formula is C13H12FNO. The highest BCUT2D eigenvalue weighted by Gasteiger charge is 1.99. The number of hydrogen-bond donors (Lipinski definition) is 0. The Labute approximate surface area is 93.7 Å². The largest absolute Gasteiger partial charge is 0.494 e. The van der Waals surface area contributed by atoms with Gasteiger partial charge in [-0.3, -0.25) is 0 Å². The minimum Gasteiger partial charge on any atom is -0.494 e. The molecule has 0 saturated heterocycles. The Hall–Kier alpha value is -1.90. The maximum Gasteiger partial charge on any atom is 0.212 e. The highest BCUT2D eigenvalue weighted by molar-refractivity contribution is 5.62. The summed E-state index contributed by atoms with van der Waals surface area (Å²) in [5, 5.41) is 0. The molecule has 3 heteroatoms. The maximum absolute atomic E-state index is 12.6. The van der Waals surface area contributed by atoms with E-state index >= 15 is 0 Å². The lowest BCUT2D eigenvalue weighted by Crippen LogP contribution is -1.90. The van der Waals surface area contributed by atoms with E-state index in [2.05, 4.69) is 4.98 Å². The fraction of sp³-hybridized carbons (Fsp3) is 0.154. The first-order chi connectivity index (χ1) is 7.79. The molecule has 0 N–H and O–H groups in total. The molecule has 0 spiro atoms. The van der Waals surface area contributed by atoms with Gasteiger partial charge in [0.1, 0.15) is 5.75 Å². The fourth-order valence-corrected chi connectivity index (χ4v) is 1.46. The van der Waals surface area contributed by atoms with Crippen molar-refractivity contribution in [3.63, 3.8) is 0 Å². The van der Waals surface area contributed by atoms with Crippen LogP contribution in [0.5, 0.6) is 5.75 Å². The van der Waals surface area contributed by atoms with Crippen LogP contribution in [0.4, 0.5) is 4.39 Å². The molecule has 2 aromatic rings. The van der Waals surface area contributed by atoms with Crippen LogP contribution < -0.4 is 4.74 Å². The molecule has 2 nitrogen and oxygen atoms in total. The number of pyridine rings is 1. The van der Waals surface area contributed by atoms with Crippen molar-refractivity contribution in [1.82, 2.24) is 4.98 Å². The van der Waals surface area contributed by atoms with Gasteiger partial charge in [0.05, 0.1) is 6.61 Å². The molecular weight excluding hydrogens is 205 g/mol. The van der Waals surface area contributed by atoms with Gasteiger partial charge in [0.15, 0.2) is 0 Å². The van der Waals surface area contributed by atoms with E-state index in [9.17, 15) is 4.39 Å². The zero-order chi connectivity index (χ0) is 11.4. The van der Waals surface area contributed by atoms with Crippen molar-refractivity contribution in [2.75, 3.05) is 6.61 Å². The summed E-state index contributed by atoms with van der Waals surface area (Å²) in [6, 6.07) is 10.7. The zero-order valence-corrected chi connectivity index (χ0v) is 8.98. The molecule has 0 amide bonds. The number of benzene rings is 1. The van der Waals surface area contributed by atoms with Crippen LogP contribution in [-0.2, 0) is 0 Å². The number of aromatic nitrogens is 1. The second-order valence-corrected chi connectivity index (χ2v) is 3.33. The highest BCUT2D eigenvalue weighted by Crippen LogP contribution is 2.21. The Kier molecular flexibility index (Phi) is 3.15. The van der Waals surface area contributed by atoms with Gasteiger partial charge in [-0.05, 0) is 36.8 Å². The molecule has 0 fully saturated rings. The van der Waals surface area contributed by atoms with E-state index in [0.717, 1.165) is 16.9 Å². The monoisotopic (exact) mass is 217 g/mol. The number of halogens is 1. The quantitative estimate of drug-likeness (QED) is 0.736. The van der Waals surface area contributed by atoms with Crippen LogP contribution in [0.2, 0.25) is 0 Å². The predicted octanol–water partition coefficient (Wildman–Crippen LogP) is 3.29. The first-order valence-electron chi connectivity index (χ1n) is 5.14. The van der Waals surface area contributed by atoms with Crippen LogP contribution in [0.15, 0.2) is 42.6 Å². The molecule has 0 aliphatic heterocycles. The topological polar surface area (TPSA) is 22.1 Å². The highest BCUT2D eigenvalue weighted by atomic mass is 19.1. The van der Waals surface area contributed by atoms with Crippen molar-refractivity contribution in [2.45, 2.75) is 6.92 Å².